The third kappa shape index (κ3) is 7.91. The number of carbonyl (C=O) groups excluding carboxylic acids is 3. The number of esters is 1. The zero-order valence-corrected chi connectivity index (χ0v) is 14.7. The number of urea groups is 1. The topological polar surface area (TPSA) is 93.7 Å². The Kier molecular flexibility index (Phi) is 8.77. The van der Waals surface area contributed by atoms with Gasteiger partial charge in [-0.1, -0.05) is 13.3 Å². The van der Waals surface area contributed by atoms with Crippen LogP contribution in [0.5, 0.6) is 5.75 Å². The summed E-state index contributed by atoms with van der Waals surface area (Å²) in [5.74, 6) is -1.74. The molecular formula is C15H18BrFN2O5. The lowest BCUT2D eigenvalue weighted by Crippen LogP contribution is -2.41. The first kappa shape index (κ1) is 19.9. The number of carbonyl (C=O) groups is 3. The molecule has 0 unspecified atom stereocenters. The molecule has 0 fully saturated rings. The van der Waals surface area contributed by atoms with E-state index in [0.29, 0.717) is 11.0 Å². The van der Waals surface area contributed by atoms with E-state index in [1.807, 2.05) is 12.2 Å². The number of ether oxygens (including phenoxy) is 2. The van der Waals surface area contributed by atoms with Crippen LogP contribution in [0.3, 0.4) is 0 Å². The van der Waals surface area contributed by atoms with Crippen LogP contribution < -0.4 is 15.4 Å². The highest BCUT2D eigenvalue weighted by molar-refractivity contribution is 9.10. The molecule has 0 aromatic heterocycles. The van der Waals surface area contributed by atoms with Gasteiger partial charge >= 0.3 is 12.0 Å². The SMILES string of the molecule is CCCCNC(=O)NC(=O)COC(=O)COc1ccc(F)cc1Br. The fourth-order valence-corrected chi connectivity index (χ4v) is 1.97. The third-order valence-corrected chi connectivity index (χ3v) is 3.29. The number of halogens is 2. The zero-order valence-electron chi connectivity index (χ0n) is 13.1. The van der Waals surface area contributed by atoms with E-state index in [1.165, 1.54) is 18.2 Å². The van der Waals surface area contributed by atoms with Crippen LogP contribution >= 0.6 is 15.9 Å². The molecule has 1 aromatic rings. The van der Waals surface area contributed by atoms with E-state index in [2.05, 4.69) is 26.0 Å². The van der Waals surface area contributed by atoms with Crippen LogP contribution in [0, 0.1) is 5.82 Å². The second-order valence-corrected chi connectivity index (χ2v) is 5.54. The summed E-state index contributed by atoms with van der Waals surface area (Å²) in [5.41, 5.74) is 0. The minimum Gasteiger partial charge on any atom is -0.481 e. The van der Waals surface area contributed by atoms with Gasteiger partial charge in [-0.05, 0) is 40.5 Å². The highest BCUT2D eigenvalue weighted by Gasteiger charge is 2.12. The van der Waals surface area contributed by atoms with Crippen molar-refractivity contribution in [3.63, 3.8) is 0 Å². The van der Waals surface area contributed by atoms with E-state index in [9.17, 15) is 18.8 Å². The van der Waals surface area contributed by atoms with Gasteiger partial charge in [-0.3, -0.25) is 10.1 Å². The van der Waals surface area contributed by atoms with Crippen molar-refractivity contribution in [2.75, 3.05) is 19.8 Å². The molecule has 0 radical (unpaired) electrons. The fraction of sp³-hybridized carbons (Fsp3) is 0.400. The summed E-state index contributed by atoms with van der Waals surface area (Å²) in [4.78, 5) is 34.2. The van der Waals surface area contributed by atoms with Gasteiger partial charge in [0.1, 0.15) is 11.6 Å². The molecule has 2 N–H and O–H groups in total. The summed E-state index contributed by atoms with van der Waals surface area (Å²) < 4.78 is 23.1. The zero-order chi connectivity index (χ0) is 17.9. The lowest BCUT2D eigenvalue weighted by molar-refractivity contribution is -0.150. The van der Waals surface area contributed by atoms with Crippen LogP contribution in [-0.2, 0) is 14.3 Å². The van der Waals surface area contributed by atoms with Crippen LogP contribution in [0.1, 0.15) is 19.8 Å². The van der Waals surface area contributed by atoms with E-state index in [4.69, 9.17) is 4.74 Å². The molecule has 3 amide bonds. The second kappa shape index (κ2) is 10.6. The number of rotatable bonds is 8. The molecule has 7 nitrogen and oxygen atoms in total. The Morgan fingerprint density at radius 3 is 2.67 bits per heavy atom. The average Bonchev–Trinajstić information content (AvgIpc) is 2.52. The van der Waals surface area contributed by atoms with Gasteiger partial charge in [0.2, 0.25) is 0 Å². The molecule has 0 saturated heterocycles. The number of imide groups is 1. The van der Waals surface area contributed by atoms with Crippen LogP contribution in [0.4, 0.5) is 9.18 Å². The van der Waals surface area contributed by atoms with Crippen molar-refractivity contribution in [1.29, 1.82) is 0 Å². The maximum Gasteiger partial charge on any atom is 0.344 e. The lowest BCUT2D eigenvalue weighted by Gasteiger charge is -2.09. The highest BCUT2D eigenvalue weighted by Crippen LogP contribution is 2.25. The number of benzene rings is 1. The normalized spacial score (nSPS) is 9.96. The van der Waals surface area contributed by atoms with Gasteiger partial charge in [-0.15, -0.1) is 0 Å². The molecule has 9 heteroatoms. The average molecular weight is 405 g/mol. The van der Waals surface area contributed by atoms with E-state index in [-0.39, 0.29) is 5.75 Å². The van der Waals surface area contributed by atoms with Crippen molar-refractivity contribution in [2.24, 2.45) is 0 Å². The molecular weight excluding hydrogens is 387 g/mol. The molecule has 24 heavy (non-hydrogen) atoms. The van der Waals surface area contributed by atoms with Crippen molar-refractivity contribution in [3.05, 3.63) is 28.5 Å². The quantitative estimate of drug-likeness (QED) is 0.511. The number of unbranched alkanes of at least 4 members (excludes halogenated alkanes) is 1. The van der Waals surface area contributed by atoms with Crippen LogP contribution in [0.15, 0.2) is 22.7 Å². The van der Waals surface area contributed by atoms with E-state index < -0.39 is 36.9 Å². The van der Waals surface area contributed by atoms with Crippen LogP contribution in [0.25, 0.3) is 0 Å². The fourth-order valence-electron chi connectivity index (χ4n) is 1.50. The van der Waals surface area contributed by atoms with Gasteiger partial charge in [-0.25, -0.2) is 14.0 Å². The summed E-state index contributed by atoms with van der Waals surface area (Å²) in [7, 11) is 0. The molecule has 0 saturated carbocycles. The summed E-state index contributed by atoms with van der Waals surface area (Å²) in [6, 6.07) is 3.07. The Morgan fingerprint density at radius 2 is 2.00 bits per heavy atom. The van der Waals surface area contributed by atoms with Gasteiger partial charge in [0.15, 0.2) is 13.2 Å². The summed E-state index contributed by atoms with van der Waals surface area (Å²) in [6.45, 7) is 1.36. The molecule has 0 atom stereocenters. The van der Waals surface area contributed by atoms with E-state index in [0.717, 1.165) is 12.8 Å². The van der Waals surface area contributed by atoms with Gasteiger partial charge in [-0.2, -0.15) is 0 Å². The number of nitrogens with one attached hydrogen (secondary N) is 2. The van der Waals surface area contributed by atoms with Crippen molar-refractivity contribution < 1.29 is 28.2 Å². The van der Waals surface area contributed by atoms with E-state index in [1.54, 1.807) is 0 Å². The van der Waals surface area contributed by atoms with Crippen LogP contribution in [-0.4, -0.2) is 37.7 Å². The number of hydrogen-bond acceptors (Lipinski definition) is 5. The van der Waals surface area contributed by atoms with Gasteiger partial charge in [0.05, 0.1) is 4.47 Å². The minimum atomic E-state index is -0.798. The van der Waals surface area contributed by atoms with E-state index >= 15 is 0 Å². The molecule has 1 aromatic carbocycles. The molecule has 0 spiro atoms. The van der Waals surface area contributed by atoms with Gasteiger partial charge in [0, 0.05) is 6.54 Å². The molecule has 0 aliphatic heterocycles. The Morgan fingerprint density at radius 1 is 1.25 bits per heavy atom. The highest BCUT2D eigenvalue weighted by atomic mass is 79.9. The summed E-state index contributed by atoms with van der Waals surface area (Å²) in [5, 5.41) is 4.51. The van der Waals surface area contributed by atoms with Crippen molar-refractivity contribution in [3.8, 4) is 5.75 Å². The largest absolute Gasteiger partial charge is 0.481 e. The Balaban J connectivity index is 2.25. The molecule has 0 aliphatic carbocycles. The Hall–Kier alpha value is -2.16. The van der Waals surface area contributed by atoms with Gasteiger partial charge < -0.3 is 14.8 Å². The summed E-state index contributed by atoms with van der Waals surface area (Å²) in [6.07, 6.45) is 1.71. The Labute approximate surface area is 147 Å². The number of amides is 3. The summed E-state index contributed by atoms with van der Waals surface area (Å²) >= 11 is 3.09. The lowest BCUT2D eigenvalue weighted by atomic mass is 10.3. The predicted octanol–water partition coefficient (Wildman–Crippen LogP) is 2.14. The second-order valence-electron chi connectivity index (χ2n) is 4.68. The molecule has 1 rings (SSSR count). The third-order valence-electron chi connectivity index (χ3n) is 2.67. The van der Waals surface area contributed by atoms with Crippen molar-refractivity contribution in [1.82, 2.24) is 10.6 Å². The predicted molar refractivity (Wildman–Crippen MR) is 87.0 cm³/mol. The van der Waals surface area contributed by atoms with Crippen LogP contribution in [0.2, 0.25) is 0 Å². The molecule has 0 aliphatic rings. The molecule has 132 valence electrons. The monoisotopic (exact) mass is 404 g/mol. The maximum absolute atomic E-state index is 12.9. The number of hydrogen-bond donors (Lipinski definition) is 2. The smallest absolute Gasteiger partial charge is 0.344 e. The molecule has 0 bridgehead atoms. The Bertz CT molecular complexity index is 597. The standard InChI is InChI=1S/C15H18BrFN2O5/c1-2-3-6-18-15(22)19-13(20)8-24-14(21)9-23-12-5-4-10(17)7-11(12)16/h4-5,7H,2-3,6,8-9H2,1H3,(H2,18,19,20,22). The van der Waals surface area contributed by atoms with Crippen molar-refractivity contribution in [2.45, 2.75) is 19.8 Å². The first-order valence-electron chi connectivity index (χ1n) is 7.23. The maximum atomic E-state index is 12.9. The first-order chi connectivity index (χ1) is 11.4. The first-order valence-corrected chi connectivity index (χ1v) is 8.02. The van der Waals surface area contributed by atoms with Gasteiger partial charge in [0.25, 0.3) is 5.91 Å². The molecule has 0 heterocycles. The van der Waals surface area contributed by atoms with Crippen molar-refractivity contribution >= 4 is 33.8 Å². The minimum absolute atomic E-state index is 0.258.